The molecule has 3 N–H and O–H groups in total. The van der Waals surface area contributed by atoms with Crippen molar-refractivity contribution in [3.63, 3.8) is 0 Å². The molecule has 3 rings (SSSR count). The number of aromatic nitrogens is 3. The molecule has 0 unspecified atom stereocenters. The fourth-order valence-electron chi connectivity index (χ4n) is 2.71. The Morgan fingerprint density at radius 1 is 1.15 bits per heavy atom. The van der Waals surface area contributed by atoms with Gasteiger partial charge in [0.05, 0.1) is 0 Å². The molecular weight excluding hydrogens is 250 g/mol. The van der Waals surface area contributed by atoms with E-state index in [-0.39, 0.29) is 0 Å². The lowest BCUT2D eigenvalue weighted by Crippen LogP contribution is -2.14. The van der Waals surface area contributed by atoms with Crippen LogP contribution in [0.25, 0.3) is 11.4 Å². The summed E-state index contributed by atoms with van der Waals surface area (Å²) in [7, 11) is 0. The van der Waals surface area contributed by atoms with Crippen molar-refractivity contribution < 1.29 is 0 Å². The number of nitrogens with zero attached hydrogens (tertiary/aromatic N) is 3. The van der Waals surface area contributed by atoms with Crippen molar-refractivity contribution in [3.05, 3.63) is 35.3 Å². The zero-order chi connectivity index (χ0) is 13.9. The van der Waals surface area contributed by atoms with Crippen LogP contribution >= 0.6 is 0 Å². The summed E-state index contributed by atoms with van der Waals surface area (Å²) in [6, 6.07) is 1.97. The van der Waals surface area contributed by atoms with Gasteiger partial charge in [-0.25, -0.2) is 15.8 Å². The van der Waals surface area contributed by atoms with Crippen LogP contribution in [0, 0.1) is 6.92 Å². The number of nitrogens with two attached hydrogens (primary N) is 1. The second-order valence-electron chi connectivity index (χ2n) is 5.22. The van der Waals surface area contributed by atoms with Crippen molar-refractivity contribution in [1.29, 1.82) is 0 Å². The molecule has 1 aliphatic carbocycles. The van der Waals surface area contributed by atoms with Gasteiger partial charge in [0.2, 0.25) is 0 Å². The summed E-state index contributed by atoms with van der Waals surface area (Å²) in [6.07, 6.45) is 9.19. The third-order valence-electron chi connectivity index (χ3n) is 3.85. The summed E-state index contributed by atoms with van der Waals surface area (Å²) in [5.74, 6) is 7.13. The molecule has 1 aliphatic rings. The van der Waals surface area contributed by atoms with E-state index in [0.717, 1.165) is 35.5 Å². The number of nitrogen functional groups attached to an aromatic ring is 1. The smallest absolute Gasteiger partial charge is 0.163 e. The predicted octanol–water partition coefficient (Wildman–Crippen LogP) is 2.40. The van der Waals surface area contributed by atoms with Gasteiger partial charge in [0.25, 0.3) is 0 Å². The minimum Gasteiger partial charge on any atom is -0.308 e. The van der Waals surface area contributed by atoms with Crippen LogP contribution < -0.4 is 11.3 Å². The van der Waals surface area contributed by atoms with Gasteiger partial charge in [-0.15, -0.1) is 0 Å². The Hall–Kier alpha value is -2.01. The van der Waals surface area contributed by atoms with Gasteiger partial charge in [-0.2, -0.15) is 0 Å². The topological polar surface area (TPSA) is 76.7 Å². The maximum absolute atomic E-state index is 5.65. The molecule has 5 heteroatoms. The van der Waals surface area contributed by atoms with Crippen molar-refractivity contribution in [3.8, 4) is 11.4 Å². The maximum atomic E-state index is 5.65. The molecule has 20 heavy (non-hydrogen) atoms. The normalized spacial score (nSPS) is 14.5. The lowest BCUT2D eigenvalue weighted by molar-refractivity contribution is 0.709. The van der Waals surface area contributed by atoms with Gasteiger partial charge in [0, 0.05) is 29.2 Å². The highest BCUT2D eigenvalue weighted by Crippen LogP contribution is 2.28. The van der Waals surface area contributed by atoms with Crippen LogP contribution in [0.2, 0.25) is 0 Å². The molecule has 0 saturated carbocycles. The molecular formula is C15H19N5. The predicted molar refractivity (Wildman–Crippen MR) is 79.1 cm³/mol. The van der Waals surface area contributed by atoms with Gasteiger partial charge in [-0.3, -0.25) is 4.98 Å². The fraction of sp³-hybridized carbons (Fsp3) is 0.400. The van der Waals surface area contributed by atoms with Crippen molar-refractivity contribution >= 4 is 5.82 Å². The number of rotatable bonds is 2. The Bertz CT molecular complexity index is 624. The Labute approximate surface area is 118 Å². The van der Waals surface area contributed by atoms with Crippen LogP contribution in [0.3, 0.4) is 0 Å². The lowest BCUT2D eigenvalue weighted by Gasteiger charge is -2.13. The molecule has 0 radical (unpaired) electrons. The summed E-state index contributed by atoms with van der Waals surface area (Å²) < 4.78 is 0. The average Bonchev–Trinajstić information content (AvgIpc) is 2.72. The van der Waals surface area contributed by atoms with Gasteiger partial charge in [0.1, 0.15) is 5.82 Å². The molecule has 2 aromatic heterocycles. The first kappa shape index (κ1) is 13.0. The van der Waals surface area contributed by atoms with Gasteiger partial charge >= 0.3 is 0 Å². The van der Waals surface area contributed by atoms with Gasteiger partial charge in [-0.05, 0) is 44.2 Å². The highest BCUT2D eigenvalue weighted by molar-refractivity contribution is 5.62. The molecule has 0 spiro atoms. The summed E-state index contributed by atoms with van der Waals surface area (Å²) in [5.41, 5.74) is 7.14. The number of anilines is 1. The number of pyridine rings is 1. The summed E-state index contributed by atoms with van der Waals surface area (Å²) in [6.45, 7) is 2.04. The van der Waals surface area contributed by atoms with Crippen LogP contribution in [-0.4, -0.2) is 15.0 Å². The number of aryl methyl sites for hydroxylation is 2. The number of hydrazine groups is 1. The van der Waals surface area contributed by atoms with Gasteiger partial charge in [0.15, 0.2) is 5.82 Å². The van der Waals surface area contributed by atoms with Crippen LogP contribution in [0.5, 0.6) is 0 Å². The highest BCUT2D eigenvalue weighted by atomic mass is 15.3. The van der Waals surface area contributed by atoms with Crippen molar-refractivity contribution in [1.82, 2.24) is 15.0 Å². The molecule has 0 atom stereocenters. The molecule has 5 nitrogen and oxygen atoms in total. The quantitative estimate of drug-likeness (QED) is 0.497. The molecule has 2 heterocycles. The molecule has 0 aromatic carbocycles. The SMILES string of the molecule is Cc1ccncc1-c1nc2c(c(NN)n1)CCCCC2. The molecule has 104 valence electrons. The lowest BCUT2D eigenvalue weighted by atomic mass is 10.1. The van der Waals surface area contributed by atoms with Gasteiger partial charge in [-0.1, -0.05) is 6.42 Å². The summed E-state index contributed by atoms with van der Waals surface area (Å²) in [5, 5.41) is 0. The van der Waals surface area contributed by atoms with Crippen LogP contribution in [0.1, 0.15) is 36.1 Å². The maximum Gasteiger partial charge on any atom is 0.163 e. The summed E-state index contributed by atoms with van der Waals surface area (Å²) >= 11 is 0. The Morgan fingerprint density at radius 3 is 2.80 bits per heavy atom. The summed E-state index contributed by atoms with van der Waals surface area (Å²) in [4.78, 5) is 13.5. The minimum atomic E-state index is 0.712. The Kier molecular flexibility index (Phi) is 3.60. The Morgan fingerprint density at radius 2 is 2.00 bits per heavy atom. The third-order valence-corrected chi connectivity index (χ3v) is 3.85. The van der Waals surface area contributed by atoms with Crippen molar-refractivity contribution in [2.24, 2.45) is 5.84 Å². The zero-order valence-electron chi connectivity index (χ0n) is 11.7. The molecule has 0 aliphatic heterocycles. The Balaban J connectivity index is 2.14. The average molecular weight is 269 g/mol. The van der Waals surface area contributed by atoms with Crippen LogP contribution in [-0.2, 0) is 12.8 Å². The molecule has 0 bridgehead atoms. The van der Waals surface area contributed by atoms with E-state index in [0.29, 0.717) is 5.82 Å². The van der Waals surface area contributed by atoms with E-state index in [1.165, 1.54) is 24.8 Å². The van der Waals surface area contributed by atoms with Crippen LogP contribution in [0.15, 0.2) is 18.5 Å². The van der Waals surface area contributed by atoms with Crippen LogP contribution in [0.4, 0.5) is 5.82 Å². The largest absolute Gasteiger partial charge is 0.308 e. The second kappa shape index (κ2) is 5.54. The number of nitrogens with one attached hydrogen (secondary N) is 1. The van der Waals surface area contributed by atoms with E-state index in [2.05, 4.69) is 15.4 Å². The van der Waals surface area contributed by atoms with E-state index in [1.807, 2.05) is 19.2 Å². The monoisotopic (exact) mass is 269 g/mol. The first-order valence-electron chi connectivity index (χ1n) is 7.07. The first-order valence-corrected chi connectivity index (χ1v) is 7.07. The van der Waals surface area contributed by atoms with Crippen molar-refractivity contribution in [2.45, 2.75) is 39.0 Å². The second-order valence-corrected chi connectivity index (χ2v) is 5.22. The number of hydrogen-bond donors (Lipinski definition) is 2. The molecule has 2 aromatic rings. The van der Waals surface area contributed by atoms with Gasteiger partial charge < -0.3 is 5.43 Å². The van der Waals surface area contributed by atoms with Crippen molar-refractivity contribution in [2.75, 3.05) is 5.43 Å². The molecule has 0 fully saturated rings. The van der Waals surface area contributed by atoms with E-state index >= 15 is 0 Å². The standard InChI is InChI=1S/C15H19N5/c1-10-7-8-17-9-12(10)14-18-13-6-4-2-3-5-11(13)15(19-14)20-16/h7-9H,2-6,16H2,1H3,(H,18,19,20). The highest BCUT2D eigenvalue weighted by Gasteiger charge is 2.17. The number of fused-ring (bicyclic) bond motifs is 1. The third kappa shape index (κ3) is 2.36. The minimum absolute atomic E-state index is 0.712. The number of hydrogen-bond acceptors (Lipinski definition) is 5. The fourth-order valence-corrected chi connectivity index (χ4v) is 2.71. The van der Waals surface area contributed by atoms with E-state index < -0.39 is 0 Å². The molecule has 0 saturated heterocycles. The van der Waals surface area contributed by atoms with E-state index in [4.69, 9.17) is 10.8 Å². The van der Waals surface area contributed by atoms with E-state index in [1.54, 1.807) is 6.20 Å². The molecule has 0 amide bonds. The van der Waals surface area contributed by atoms with E-state index in [9.17, 15) is 0 Å². The first-order chi connectivity index (χ1) is 9.79. The zero-order valence-corrected chi connectivity index (χ0v) is 11.7.